The van der Waals surface area contributed by atoms with E-state index in [-0.39, 0.29) is 0 Å². The highest BCUT2D eigenvalue weighted by atomic mass is 15.0. The van der Waals surface area contributed by atoms with Gasteiger partial charge in [0.25, 0.3) is 0 Å². The lowest BCUT2D eigenvalue weighted by atomic mass is 9.90. The van der Waals surface area contributed by atoms with Gasteiger partial charge in [-0.25, -0.2) is 29.8 Å². The first-order valence-electron chi connectivity index (χ1n) is 17.6. The third-order valence-corrected chi connectivity index (χ3v) is 9.40. The van der Waals surface area contributed by atoms with Gasteiger partial charge in [0.05, 0.1) is 17.8 Å². The van der Waals surface area contributed by atoms with Crippen molar-refractivity contribution < 1.29 is 0 Å². The molecule has 0 saturated heterocycles. The Balaban J connectivity index is 1.32. The van der Waals surface area contributed by atoms with Crippen LogP contribution in [-0.4, -0.2) is 24.9 Å². The molecule has 0 amide bonds. The summed E-state index contributed by atoms with van der Waals surface area (Å²) < 4.78 is 0. The van der Waals surface area contributed by atoms with Gasteiger partial charge in [-0.2, -0.15) is 0 Å². The van der Waals surface area contributed by atoms with Crippen LogP contribution in [-0.2, 0) is 0 Å². The molecule has 0 fully saturated rings. The maximum atomic E-state index is 7.92. The molecule has 2 heterocycles. The zero-order valence-corrected chi connectivity index (χ0v) is 29.0. The summed E-state index contributed by atoms with van der Waals surface area (Å²) in [6.07, 6.45) is 0. The molecule has 0 N–H and O–H groups in total. The Morgan fingerprint density at radius 1 is 0.333 bits per heavy atom. The quantitative estimate of drug-likeness (QED) is 0.156. The monoisotopic (exact) mass is 690 g/mol. The summed E-state index contributed by atoms with van der Waals surface area (Å²) in [5, 5.41) is 0.982. The third kappa shape index (κ3) is 6.17. The lowest BCUT2D eigenvalue weighted by Crippen LogP contribution is -2.02. The predicted molar refractivity (Wildman–Crippen MR) is 217 cm³/mol. The van der Waals surface area contributed by atoms with Gasteiger partial charge in [-0.05, 0) is 40.5 Å². The van der Waals surface area contributed by atoms with Gasteiger partial charge in [-0.1, -0.05) is 164 Å². The van der Waals surface area contributed by atoms with Crippen molar-refractivity contribution in [3.8, 4) is 79.1 Å². The van der Waals surface area contributed by atoms with Crippen molar-refractivity contribution in [2.75, 3.05) is 0 Å². The highest BCUT2D eigenvalue weighted by Crippen LogP contribution is 2.42. The van der Waals surface area contributed by atoms with Gasteiger partial charge < -0.3 is 0 Å². The summed E-state index contributed by atoms with van der Waals surface area (Å²) in [5.41, 5.74) is 10.3. The van der Waals surface area contributed by atoms with E-state index < -0.39 is 0 Å². The molecule has 0 saturated carbocycles. The number of rotatable bonds is 7. The van der Waals surface area contributed by atoms with Crippen LogP contribution in [0.1, 0.15) is 0 Å². The highest BCUT2D eigenvalue weighted by Gasteiger charge is 2.21. The minimum Gasteiger partial charge on any atom is -0.238 e. The summed E-state index contributed by atoms with van der Waals surface area (Å²) in [5.74, 6) is 2.28. The van der Waals surface area contributed by atoms with E-state index in [1.54, 1.807) is 0 Å². The molecule has 9 rings (SSSR count). The maximum Gasteiger partial charge on any atom is 0.194 e. The van der Waals surface area contributed by atoms with Crippen molar-refractivity contribution in [2.24, 2.45) is 0 Å². The van der Waals surface area contributed by atoms with Crippen LogP contribution in [0, 0.1) is 6.57 Å². The van der Waals surface area contributed by atoms with Crippen LogP contribution >= 0.6 is 0 Å². The Morgan fingerprint density at radius 3 is 1.50 bits per heavy atom. The Bertz CT molecular complexity index is 2770. The van der Waals surface area contributed by atoms with Crippen LogP contribution in [0.2, 0.25) is 0 Å². The molecule has 0 aliphatic carbocycles. The summed E-state index contributed by atoms with van der Waals surface area (Å²) >= 11 is 0. The van der Waals surface area contributed by atoms with Gasteiger partial charge >= 0.3 is 0 Å². The van der Waals surface area contributed by atoms with E-state index >= 15 is 0 Å². The summed E-state index contributed by atoms with van der Waals surface area (Å²) in [7, 11) is 0. The molecule has 0 aliphatic rings. The minimum atomic E-state index is 0.530. The zero-order chi connectivity index (χ0) is 36.3. The molecule has 6 heteroatoms. The van der Waals surface area contributed by atoms with Gasteiger partial charge in [0, 0.05) is 33.2 Å². The van der Waals surface area contributed by atoms with E-state index in [9.17, 15) is 0 Å². The molecule has 6 nitrogen and oxygen atoms in total. The van der Waals surface area contributed by atoms with E-state index in [1.165, 1.54) is 0 Å². The lowest BCUT2D eigenvalue weighted by molar-refractivity contribution is 1.07. The van der Waals surface area contributed by atoms with Crippen LogP contribution in [0.25, 0.3) is 94.8 Å². The summed E-state index contributed by atoms with van der Waals surface area (Å²) in [6.45, 7) is 7.92. The zero-order valence-electron chi connectivity index (χ0n) is 29.0. The molecule has 0 spiro atoms. The first kappa shape index (κ1) is 32.3. The predicted octanol–water partition coefficient (Wildman–Crippen LogP) is 12.0. The van der Waals surface area contributed by atoms with Crippen LogP contribution in [0.5, 0.6) is 0 Å². The summed E-state index contributed by atoms with van der Waals surface area (Å²) in [6, 6.07) is 60.4. The normalized spacial score (nSPS) is 10.9. The van der Waals surface area contributed by atoms with E-state index in [2.05, 4.69) is 47.3 Å². The van der Waals surface area contributed by atoms with Crippen LogP contribution in [0.3, 0.4) is 0 Å². The molecule has 0 aliphatic heterocycles. The van der Waals surface area contributed by atoms with E-state index in [4.69, 9.17) is 31.5 Å². The van der Waals surface area contributed by atoms with Crippen LogP contribution in [0.15, 0.2) is 182 Å². The number of para-hydroxylation sites is 2. The molecular weight excluding hydrogens is 661 g/mol. The molecule has 2 aromatic heterocycles. The number of aromatic nitrogens is 5. The number of fused-ring (bicyclic) bond motifs is 1. The van der Waals surface area contributed by atoms with Crippen molar-refractivity contribution in [3.05, 3.63) is 193 Å². The van der Waals surface area contributed by atoms with E-state index in [1.807, 2.05) is 140 Å². The topological polar surface area (TPSA) is 68.8 Å². The fourth-order valence-electron chi connectivity index (χ4n) is 6.80. The average Bonchev–Trinajstić information content (AvgIpc) is 3.26. The Hall–Kier alpha value is -7.62. The van der Waals surface area contributed by atoms with Gasteiger partial charge in [-0.15, -0.1) is 0 Å². The first-order chi connectivity index (χ1) is 26.7. The van der Waals surface area contributed by atoms with Gasteiger partial charge in [-0.3, -0.25) is 0 Å². The average molecular weight is 691 g/mol. The summed E-state index contributed by atoms with van der Waals surface area (Å²) in [4.78, 5) is 29.4. The second-order valence-corrected chi connectivity index (χ2v) is 12.8. The van der Waals surface area contributed by atoms with Crippen molar-refractivity contribution in [1.82, 2.24) is 24.9 Å². The van der Waals surface area contributed by atoms with Crippen molar-refractivity contribution in [1.29, 1.82) is 0 Å². The standard InChI is InChI=1S/C48H30N6/c1-49-42-27-15-13-23-36(42)35-29-30-39(48-53-45(33-19-7-3-8-20-33)52-46(54-48)34-21-9-4-10-22-34)41(31-35)37-24-11-12-25-38(37)47-50-43-28-16-14-26-40(43)44(51-47)32-17-5-2-6-18-32/h2-31H. The molecule has 0 unspecified atom stereocenters. The number of hydrogen-bond donors (Lipinski definition) is 0. The SMILES string of the molecule is [C-]#[N+]c1ccccc1-c1ccc(-c2nc(-c3ccccc3)nc(-c3ccccc3)n2)c(-c2ccccc2-c2nc(-c3ccccc3)c3ccccc3n2)c1. The second kappa shape index (κ2) is 14.2. The molecule has 0 atom stereocenters. The number of nitrogens with zero attached hydrogens (tertiary/aromatic N) is 6. The Kier molecular flexibility index (Phi) is 8.48. The largest absolute Gasteiger partial charge is 0.238 e. The molecule has 0 radical (unpaired) electrons. The first-order valence-corrected chi connectivity index (χ1v) is 17.6. The van der Waals surface area contributed by atoms with Gasteiger partial charge in [0.15, 0.2) is 29.0 Å². The highest BCUT2D eigenvalue weighted by molar-refractivity contribution is 5.97. The van der Waals surface area contributed by atoms with Gasteiger partial charge in [0.1, 0.15) is 0 Å². The minimum absolute atomic E-state index is 0.530. The maximum absolute atomic E-state index is 7.92. The van der Waals surface area contributed by atoms with Crippen LogP contribution < -0.4 is 0 Å². The molecular formula is C48H30N6. The van der Waals surface area contributed by atoms with Crippen molar-refractivity contribution in [3.63, 3.8) is 0 Å². The van der Waals surface area contributed by atoms with Crippen molar-refractivity contribution in [2.45, 2.75) is 0 Å². The Morgan fingerprint density at radius 2 is 0.833 bits per heavy atom. The second-order valence-electron chi connectivity index (χ2n) is 12.8. The number of hydrogen-bond acceptors (Lipinski definition) is 5. The third-order valence-electron chi connectivity index (χ3n) is 9.40. The van der Waals surface area contributed by atoms with Gasteiger partial charge in [0.2, 0.25) is 0 Å². The van der Waals surface area contributed by atoms with Crippen molar-refractivity contribution >= 4 is 16.6 Å². The molecule has 54 heavy (non-hydrogen) atoms. The van der Waals surface area contributed by atoms with Crippen LogP contribution in [0.4, 0.5) is 5.69 Å². The molecule has 0 bridgehead atoms. The fraction of sp³-hybridized carbons (Fsp3) is 0. The van der Waals surface area contributed by atoms with E-state index in [0.717, 1.165) is 66.7 Å². The smallest absolute Gasteiger partial charge is 0.194 e. The Labute approximate surface area is 313 Å². The van der Waals surface area contributed by atoms with E-state index in [0.29, 0.717) is 29.0 Å². The number of benzene rings is 7. The molecule has 9 aromatic rings. The fourth-order valence-corrected chi connectivity index (χ4v) is 6.80. The lowest BCUT2D eigenvalue weighted by Gasteiger charge is -2.17. The molecule has 7 aromatic carbocycles. The molecule has 252 valence electrons.